The summed E-state index contributed by atoms with van der Waals surface area (Å²) in [5, 5.41) is 21.8. The first kappa shape index (κ1) is 21.7. The standard InChI is InChI=1S/C23H13ClN2O7/c24-19-13-16(26(30)31)5-8-18(19)22-10-7-17(32-22)6-9-20(27)23-12-11-21(33-23)14-1-3-15(4-2-14)25(28)29/h1-13H/b9-6+. The monoisotopic (exact) mass is 464 g/mol. The molecule has 0 aliphatic rings. The van der Waals surface area contributed by atoms with Gasteiger partial charge in [-0.25, -0.2) is 0 Å². The van der Waals surface area contributed by atoms with Crippen LogP contribution in [0.25, 0.3) is 28.7 Å². The summed E-state index contributed by atoms with van der Waals surface area (Å²) in [6, 6.07) is 16.2. The lowest BCUT2D eigenvalue weighted by atomic mass is 10.1. The molecule has 0 aliphatic heterocycles. The Labute approximate surface area is 190 Å². The Morgan fingerprint density at radius 3 is 2.15 bits per heavy atom. The molecule has 0 bridgehead atoms. The Hall–Kier alpha value is -4.50. The van der Waals surface area contributed by atoms with Crippen LogP contribution in [0.4, 0.5) is 11.4 Å². The number of hydrogen-bond acceptors (Lipinski definition) is 7. The minimum Gasteiger partial charge on any atom is -0.457 e. The topological polar surface area (TPSA) is 130 Å². The predicted octanol–water partition coefficient (Wildman–Crippen LogP) is 6.57. The average Bonchev–Trinajstić information content (AvgIpc) is 3.47. The molecule has 33 heavy (non-hydrogen) atoms. The highest BCUT2D eigenvalue weighted by Gasteiger charge is 2.14. The van der Waals surface area contributed by atoms with E-state index in [0.717, 1.165) is 0 Å². The van der Waals surface area contributed by atoms with Crippen molar-refractivity contribution < 1.29 is 23.5 Å². The molecule has 0 saturated heterocycles. The fourth-order valence-corrected chi connectivity index (χ4v) is 3.29. The van der Waals surface area contributed by atoms with E-state index in [1.54, 1.807) is 18.2 Å². The van der Waals surface area contributed by atoms with Gasteiger partial charge in [-0.2, -0.15) is 0 Å². The van der Waals surface area contributed by atoms with Gasteiger partial charge in [-0.05, 0) is 54.6 Å². The SMILES string of the molecule is O=C(/C=C/c1ccc(-c2ccc([N+](=O)[O-])cc2Cl)o1)c1ccc(-c2ccc([N+](=O)[O-])cc2)o1. The second-order valence-corrected chi connectivity index (χ2v) is 7.20. The molecule has 164 valence electrons. The van der Waals surface area contributed by atoms with Crippen molar-refractivity contribution in [3.05, 3.63) is 110 Å². The van der Waals surface area contributed by atoms with Crippen LogP contribution in [0, 0.1) is 20.2 Å². The number of ketones is 1. The zero-order chi connectivity index (χ0) is 23.5. The van der Waals surface area contributed by atoms with Crippen molar-refractivity contribution in [2.45, 2.75) is 0 Å². The molecule has 9 nitrogen and oxygen atoms in total. The highest BCUT2D eigenvalue weighted by molar-refractivity contribution is 6.33. The van der Waals surface area contributed by atoms with Crippen molar-refractivity contribution in [3.63, 3.8) is 0 Å². The summed E-state index contributed by atoms with van der Waals surface area (Å²) in [6.45, 7) is 0. The Balaban J connectivity index is 1.47. The number of benzene rings is 2. The van der Waals surface area contributed by atoms with Crippen LogP contribution < -0.4 is 0 Å². The van der Waals surface area contributed by atoms with E-state index in [4.69, 9.17) is 20.4 Å². The number of carbonyl (C=O) groups is 1. The van der Waals surface area contributed by atoms with Crippen LogP contribution in [-0.4, -0.2) is 15.6 Å². The van der Waals surface area contributed by atoms with E-state index in [2.05, 4.69) is 0 Å². The van der Waals surface area contributed by atoms with Gasteiger partial charge >= 0.3 is 0 Å². The predicted molar refractivity (Wildman–Crippen MR) is 120 cm³/mol. The highest BCUT2D eigenvalue weighted by Crippen LogP contribution is 2.32. The largest absolute Gasteiger partial charge is 0.457 e. The fourth-order valence-electron chi connectivity index (χ4n) is 3.02. The summed E-state index contributed by atoms with van der Waals surface area (Å²) >= 11 is 6.12. The third-order valence-corrected chi connectivity index (χ3v) is 4.98. The maximum absolute atomic E-state index is 12.4. The van der Waals surface area contributed by atoms with Gasteiger partial charge in [0.25, 0.3) is 11.4 Å². The first-order valence-corrected chi connectivity index (χ1v) is 9.81. The summed E-state index contributed by atoms with van der Waals surface area (Å²) < 4.78 is 11.2. The van der Waals surface area contributed by atoms with Crippen LogP contribution in [0.2, 0.25) is 5.02 Å². The molecule has 10 heteroatoms. The number of nitro groups is 2. The van der Waals surface area contributed by atoms with Gasteiger partial charge in [0.15, 0.2) is 5.76 Å². The Morgan fingerprint density at radius 2 is 1.48 bits per heavy atom. The molecular weight excluding hydrogens is 452 g/mol. The van der Waals surface area contributed by atoms with E-state index < -0.39 is 15.6 Å². The van der Waals surface area contributed by atoms with Crippen molar-refractivity contribution in [2.75, 3.05) is 0 Å². The van der Waals surface area contributed by atoms with Gasteiger partial charge in [-0.15, -0.1) is 0 Å². The molecule has 2 heterocycles. The van der Waals surface area contributed by atoms with Crippen molar-refractivity contribution in [2.24, 2.45) is 0 Å². The van der Waals surface area contributed by atoms with Gasteiger partial charge in [0.1, 0.15) is 17.3 Å². The van der Waals surface area contributed by atoms with Crippen molar-refractivity contribution in [1.82, 2.24) is 0 Å². The average molecular weight is 465 g/mol. The Bertz CT molecular complexity index is 1400. The minimum atomic E-state index is -0.542. The third-order valence-electron chi connectivity index (χ3n) is 4.67. The summed E-state index contributed by atoms with van der Waals surface area (Å²) in [6.07, 6.45) is 2.73. The summed E-state index contributed by atoms with van der Waals surface area (Å²) in [5.74, 6) is 0.837. The molecule has 0 radical (unpaired) electrons. The second-order valence-electron chi connectivity index (χ2n) is 6.79. The number of furan rings is 2. The number of nitro benzene ring substituents is 2. The lowest BCUT2D eigenvalue weighted by Crippen LogP contribution is -1.90. The molecule has 0 fully saturated rings. The molecule has 0 spiro atoms. The number of hydrogen-bond donors (Lipinski definition) is 0. The summed E-state index contributed by atoms with van der Waals surface area (Å²) in [7, 11) is 0. The van der Waals surface area contributed by atoms with Crippen molar-refractivity contribution in [1.29, 1.82) is 0 Å². The number of nitrogens with zero attached hydrogens (tertiary/aromatic N) is 2. The molecule has 0 amide bonds. The molecule has 2 aromatic heterocycles. The van der Waals surface area contributed by atoms with E-state index in [9.17, 15) is 25.0 Å². The molecule has 0 aliphatic carbocycles. The van der Waals surface area contributed by atoms with Crippen LogP contribution in [0.1, 0.15) is 16.3 Å². The molecule has 0 unspecified atom stereocenters. The van der Waals surface area contributed by atoms with Crippen LogP contribution in [0.3, 0.4) is 0 Å². The highest BCUT2D eigenvalue weighted by atomic mass is 35.5. The molecule has 4 aromatic rings. The lowest BCUT2D eigenvalue weighted by molar-refractivity contribution is -0.385. The van der Waals surface area contributed by atoms with Crippen LogP contribution >= 0.6 is 11.6 Å². The van der Waals surface area contributed by atoms with Gasteiger partial charge in [-0.1, -0.05) is 11.6 Å². The number of carbonyl (C=O) groups excluding carboxylic acids is 1. The van der Waals surface area contributed by atoms with Gasteiger partial charge < -0.3 is 8.83 Å². The first-order chi connectivity index (χ1) is 15.8. The minimum absolute atomic E-state index is 0.0441. The zero-order valence-electron chi connectivity index (χ0n) is 16.6. The lowest BCUT2D eigenvalue weighted by Gasteiger charge is -2.00. The van der Waals surface area contributed by atoms with E-state index >= 15 is 0 Å². The molecule has 0 atom stereocenters. The second kappa shape index (κ2) is 8.93. The summed E-state index contributed by atoms with van der Waals surface area (Å²) in [4.78, 5) is 33.0. The van der Waals surface area contributed by atoms with E-state index in [1.807, 2.05) is 0 Å². The van der Waals surface area contributed by atoms with Gasteiger partial charge in [0.2, 0.25) is 5.78 Å². The van der Waals surface area contributed by atoms with E-state index in [1.165, 1.54) is 60.7 Å². The van der Waals surface area contributed by atoms with Gasteiger partial charge in [0.05, 0.1) is 14.9 Å². The van der Waals surface area contributed by atoms with E-state index in [-0.39, 0.29) is 22.2 Å². The first-order valence-electron chi connectivity index (χ1n) is 9.43. The van der Waals surface area contributed by atoms with Gasteiger partial charge in [-0.3, -0.25) is 25.0 Å². The molecule has 2 aromatic carbocycles. The number of allylic oxidation sites excluding steroid dienone is 1. The van der Waals surface area contributed by atoms with Crippen molar-refractivity contribution in [3.8, 4) is 22.6 Å². The zero-order valence-corrected chi connectivity index (χ0v) is 17.4. The fraction of sp³-hybridized carbons (Fsp3) is 0. The van der Waals surface area contributed by atoms with Crippen LogP contribution in [0.5, 0.6) is 0 Å². The Morgan fingerprint density at radius 1 is 0.818 bits per heavy atom. The maximum atomic E-state index is 12.4. The summed E-state index contributed by atoms with van der Waals surface area (Å²) in [5.41, 5.74) is 0.899. The number of non-ortho nitro benzene ring substituents is 2. The normalized spacial score (nSPS) is 11.1. The smallest absolute Gasteiger partial charge is 0.270 e. The van der Waals surface area contributed by atoms with E-state index in [0.29, 0.717) is 28.4 Å². The maximum Gasteiger partial charge on any atom is 0.270 e. The number of halogens is 1. The quantitative estimate of drug-likeness (QED) is 0.131. The molecule has 0 saturated carbocycles. The Kier molecular flexibility index (Phi) is 5.88. The molecule has 0 N–H and O–H groups in total. The van der Waals surface area contributed by atoms with Crippen LogP contribution in [-0.2, 0) is 0 Å². The van der Waals surface area contributed by atoms with Crippen LogP contribution in [0.15, 0.2) is 81.6 Å². The van der Waals surface area contributed by atoms with Gasteiger partial charge in [0, 0.05) is 35.4 Å². The third kappa shape index (κ3) is 4.73. The molecule has 4 rings (SSSR count). The number of rotatable bonds is 7. The van der Waals surface area contributed by atoms with Crippen molar-refractivity contribution >= 4 is 34.8 Å². The molecular formula is C23H13ClN2O7.